The fourth-order valence-corrected chi connectivity index (χ4v) is 5.86. The number of carbonyl (C=O) groups is 1. The molecule has 0 aliphatic heterocycles. The molecule has 1 saturated carbocycles. The molecule has 0 unspecified atom stereocenters. The minimum atomic E-state index is -0.479. The number of rotatable bonds is 10. The number of methoxy groups -OCH3 is 1. The van der Waals surface area contributed by atoms with Crippen LogP contribution in [0.2, 0.25) is 0 Å². The van der Waals surface area contributed by atoms with Gasteiger partial charge in [-0.2, -0.15) is 5.10 Å². The third kappa shape index (κ3) is 7.41. The first kappa shape index (κ1) is 28.2. The average Bonchev–Trinajstić information content (AvgIpc) is 3.27. The minimum Gasteiger partial charge on any atom is -0.497 e. The van der Waals surface area contributed by atoms with Crippen molar-refractivity contribution in [2.45, 2.75) is 63.6 Å². The molecule has 1 aromatic heterocycles. The van der Waals surface area contributed by atoms with E-state index in [2.05, 4.69) is 47.3 Å². The van der Waals surface area contributed by atoms with E-state index in [4.69, 9.17) is 19.3 Å². The lowest BCUT2D eigenvalue weighted by Crippen LogP contribution is -2.28. The maximum Gasteiger partial charge on any atom is 0.332 e. The molecule has 1 fully saturated rings. The molecule has 2 aromatic carbocycles. The molecule has 0 saturated heterocycles. The molecule has 0 atom stereocenters. The number of nitrogens with zero attached hydrogens (tertiary/aromatic N) is 2. The summed E-state index contributed by atoms with van der Waals surface area (Å²) >= 11 is 1.75. The van der Waals surface area contributed by atoms with E-state index in [1.54, 1.807) is 18.9 Å². The van der Waals surface area contributed by atoms with Crippen molar-refractivity contribution >= 4 is 17.7 Å². The summed E-state index contributed by atoms with van der Waals surface area (Å²) < 4.78 is 18.8. The van der Waals surface area contributed by atoms with Crippen LogP contribution in [0.25, 0.3) is 22.4 Å². The molecule has 1 heterocycles. The highest BCUT2D eigenvalue weighted by Gasteiger charge is 2.26. The Balaban J connectivity index is 1.45. The molecule has 4 rings (SSSR count). The fourth-order valence-electron chi connectivity index (χ4n) is 5.12. The summed E-state index contributed by atoms with van der Waals surface area (Å²) in [6.07, 6.45) is 6.59. The smallest absolute Gasteiger partial charge is 0.332 e. The number of hydrogen-bond donors (Lipinski definition) is 0. The van der Waals surface area contributed by atoms with Gasteiger partial charge in [-0.05, 0) is 82.2 Å². The van der Waals surface area contributed by atoms with Gasteiger partial charge in [0.1, 0.15) is 28.7 Å². The third-order valence-electron chi connectivity index (χ3n) is 6.90. The molecule has 0 spiro atoms. The number of esters is 1. The Bertz CT molecular complexity index is 1190. The van der Waals surface area contributed by atoms with E-state index in [-0.39, 0.29) is 12.6 Å². The van der Waals surface area contributed by atoms with Gasteiger partial charge < -0.3 is 14.2 Å². The standard InChI is InChI=1S/C31H40N2O4S/c1-31(2,3)37-27(34)21-36-20-23-16-14-22(15-17-23)19-33-30(38-5)28(25-12-9-13-26(18-25)35-4)29(32-33)24-10-7-6-8-11-24/h6-13,18,22-23H,14-17,19-21H2,1-5H3. The predicted molar refractivity (Wildman–Crippen MR) is 154 cm³/mol. The average molecular weight is 537 g/mol. The van der Waals surface area contributed by atoms with E-state index in [9.17, 15) is 4.79 Å². The van der Waals surface area contributed by atoms with Crippen molar-refractivity contribution in [3.05, 3.63) is 54.6 Å². The highest BCUT2D eigenvalue weighted by atomic mass is 32.2. The molecule has 0 bridgehead atoms. The van der Waals surface area contributed by atoms with Crippen molar-refractivity contribution < 1.29 is 19.0 Å². The predicted octanol–water partition coefficient (Wildman–Crippen LogP) is 7.11. The lowest BCUT2D eigenvalue weighted by molar-refractivity contribution is -0.160. The lowest BCUT2D eigenvalue weighted by atomic mass is 9.82. The van der Waals surface area contributed by atoms with Crippen LogP contribution in [0.5, 0.6) is 5.75 Å². The topological polar surface area (TPSA) is 62.6 Å². The van der Waals surface area contributed by atoms with Crippen LogP contribution in [-0.4, -0.2) is 47.9 Å². The molecule has 6 nitrogen and oxygen atoms in total. The van der Waals surface area contributed by atoms with Crippen LogP contribution in [0.15, 0.2) is 59.6 Å². The van der Waals surface area contributed by atoms with Gasteiger partial charge in [0.05, 0.1) is 13.7 Å². The number of benzene rings is 2. The zero-order chi connectivity index (χ0) is 27.1. The van der Waals surface area contributed by atoms with Gasteiger partial charge in [-0.3, -0.25) is 4.68 Å². The summed E-state index contributed by atoms with van der Waals surface area (Å²) in [6, 6.07) is 18.7. The minimum absolute atomic E-state index is 0.0247. The highest BCUT2D eigenvalue weighted by molar-refractivity contribution is 7.98. The molecular weight excluding hydrogens is 496 g/mol. The number of carbonyl (C=O) groups excluding carboxylic acids is 1. The van der Waals surface area contributed by atoms with Crippen molar-refractivity contribution in [1.29, 1.82) is 0 Å². The van der Waals surface area contributed by atoms with E-state index in [1.807, 2.05) is 39.0 Å². The van der Waals surface area contributed by atoms with Crippen LogP contribution in [0.3, 0.4) is 0 Å². The van der Waals surface area contributed by atoms with Crippen LogP contribution in [0.1, 0.15) is 46.5 Å². The Kier molecular flexibility index (Phi) is 9.55. The van der Waals surface area contributed by atoms with Crippen molar-refractivity contribution in [2.75, 3.05) is 26.6 Å². The Morgan fingerprint density at radius 2 is 1.68 bits per heavy atom. The van der Waals surface area contributed by atoms with Gasteiger partial charge in [-0.25, -0.2) is 4.79 Å². The van der Waals surface area contributed by atoms with E-state index < -0.39 is 5.60 Å². The van der Waals surface area contributed by atoms with E-state index in [0.717, 1.165) is 60.4 Å². The molecule has 3 aromatic rings. The molecule has 7 heteroatoms. The Hall–Kier alpha value is -2.77. The van der Waals surface area contributed by atoms with Crippen molar-refractivity contribution in [2.24, 2.45) is 11.8 Å². The molecular formula is C31H40N2O4S. The number of ether oxygens (including phenoxy) is 3. The quantitative estimate of drug-likeness (QED) is 0.203. The SMILES string of the molecule is COc1cccc(-c2c(-c3ccccc3)nn(CC3CCC(COCC(=O)OC(C)(C)C)CC3)c2SC)c1. The van der Waals surface area contributed by atoms with E-state index in [1.165, 1.54) is 5.03 Å². The van der Waals surface area contributed by atoms with Crippen LogP contribution >= 0.6 is 11.8 Å². The monoisotopic (exact) mass is 536 g/mol. The number of thioether (sulfide) groups is 1. The summed E-state index contributed by atoms with van der Waals surface area (Å²) in [7, 11) is 1.70. The zero-order valence-corrected chi connectivity index (χ0v) is 24.1. The van der Waals surface area contributed by atoms with Gasteiger partial charge in [0.25, 0.3) is 0 Å². The Morgan fingerprint density at radius 3 is 2.34 bits per heavy atom. The summed E-state index contributed by atoms with van der Waals surface area (Å²) in [5, 5.41) is 6.35. The molecule has 1 aliphatic rings. The molecule has 0 N–H and O–H groups in total. The summed E-state index contributed by atoms with van der Waals surface area (Å²) in [5.41, 5.74) is 3.92. The van der Waals surface area contributed by atoms with Gasteiger partial charge in [-0.15, -0.1) is 11.8 Å². The van der Waals surface area contributed by atoms with Gasteiger partial charge in [0.15, 0.2) is 0 Å². The molecule has 0 radical (unpaired) electrons. The highest BCUT2D eigenvalue weighted by Crippen LogP contribution is 2.41. The van der Waals surface area contributed by atoms with Gasteiger partial charge in [0, 0.05) is 17.7 Å². The fraction of sp³-hybridized carbons (Fsp3) is 0.484. The first-order valence-corrected chi connectivity index (χ1v) is 14.6. The second kappa shape index (κ2) is 12.9. The van der Waals surface area contributed by atoms with E-state index >= 15 is 0 Å². The molecule has 204 valence electrons. The van der Waals surface area contributed by atoms with Gasteiger partial charge in [0.2, 0.25) is 0 Å². The largest absolute Gasteiger partial charge is 0.497 e. The van der Waals surface area contributed by atoms with Crippen LogP contribution in [-0.2, 0) is 20.8 Å². The zero-order valence-electron chi connectivity index (χ0n) is 23.2. The number of aromatic nitrogens is 2. The van der Waals surface area contributed by atoms with Crippen LogP contribution in [0.4, 0.5) is 0 Å². The normalized spacial score (nSPS) is 17.8. The summed E-state index contributed by atoms with van der Waals surface area (Å²) in [4.78, 5) is 11.9. The molecule has 1 aliphatic carbocycles. The second-order valence-electron chi connectivity index (χ2n) is 11.0. The van der Waals surface area contributed by atoms with Crippen molar-refractivity contribution in [3.63, 3.8) is 0 Å². The lowest BCUT2D eigenvalue weighted by Gasteiger charge is -2.28. The first-order valence-electron chi connectivity index (χ1n) is 13.4. The van der Waals surface area contributed by atoms with Crippen molar-refractivity contribution in [1.82, 2.24) is 9.78 Å². The maximum atomic E-state index is 11.9. The number of hydrogen-bond acceptors (Lipinski definition) is 6. The molecule has 0 amide bonds. The van der Waals surface area contributed by atoms with Crippen molar-refractivity contribution in [3.8, 4) is 28.1 Å². The Labute approximate surface area is 231 Å². The Morgan fingerprint density at radius 1 is 1.00 bits per heavy atom. The second-order valence-corrected chi connectivity index (χ2v) is 11.8. The van der Waals surface area contributed by atoms with E-state index in [0.29, 0.717) is 18.4 Å². The van der Waals surface area contributed by atoms with Gasteiger partial charge >= 0.3 is 5.97 Å². The first-order chi connectivity index (χ1) is 18.3. The third-order valence-corrected chi connectivity index (χ3v) is 7.70. The van der Waals surface area contributed by atoms with Gasteiger partial charge in [-0.1, -0.05) is 42.5 Å². The summed E-state index contributed by atoms with van der Waals surface area (Å²) in [6.45, 7) is 7.15. The van der Waals surface area contributed by atoms with Crippen LogP contribution < -0.4 is 4.74 Å². The molecule has 38 heavy (non-hydrogen) atoms. The summed E-state index contributed by atoms with van der Waals surface area (Å²) in [5.74, 6) is 1.59. The maximum absolute atomic E-state index is 11.9. The van der Waals surface area contributed by atoms with Crippen LogP contribution in [0, 0.1) is 11.8 Å².